The lowest BCUT2D eigenvalue weighted by Gasteiger charge is -2.08. The summed E-state index contributed by atoms with van der Waals surface area (Å²) in [7, 11) is 0. The van der Waals surface area contributed by atoms with E-state index >= 15 is 0 Å². The van der Waals surface area contributed by atoms with E-state index in [1.54, 1.807) is 12.1 Å². The van der Waals surface area contributed by atoms with Crippen molar-refractivity contribution < 1.29 is 24.6 Å². The third-order valence-electron chi connectivity index (χ3n) is 2.86. The maximum absolute atomic E-state index is 11.7. The fourth-order valence-electron chi connectivity index (χ4n) is 1.72. The molecule has 0 radical (unpaired) electrons. The molecule has 0 atom stereocenters. The molecule has 8 nitrogen and oxygen atoms in total. The summed E-state index contributed by atoms with van der Waals surface area (Å²) >= 11 is 0. The van der Waals surface area contributed by atoms with E-state index in [4.69, 9.17) is 5.11 Å². The average Bonchev–Trinajstić information content (AvgIpc) is 2.56. The number of benzene rings is 2. The van der Waals surface area contributed by atoms with Crippen molar-refractivity contribution in [3.63, 3.8) is 0 Å². The Morgan fingerprint density at radius 2 is 1.79 bits per heavy atom. The van der Waals surface area contributed by atoms with Crippen molar-refractivity contribution in [2.75, 3.05) is 5.32 Å². The first-order valence-corrected chi connectivity index (χ1v) is 6.71. The van der Waals surface area contributed by atoms with Crippen LogP contribution in [0.4, 0.5) is 5.69 Å². The minimum atomic E-state index is -1.16. The van der Waals surface area contributed by atoms with Crippen LogP contribution in [-0.2, 0) is 9.59 Å². The summed E-state index contributed by atoms with van der Waals surface area (Å²) in [4.78, 5) is 34.1. The van der Waals surface area contributed by atoms with Crippen molar-refractivity contribution in [3.8, 4) is 5.75 Å². The highest BCUT2D eigenvalue weighted by molar-refractivity contribution is 6.39. The first kappa shape index (κ1) is 16.7. The number of nitrogens with zero attached hydrogens (tertiary/aromatic N) is 1. The number of carboxylic acid groups (broad SMARTS) is 1. The zero-order valence-corrected chi connectivity index (χ0v) is 12.2. The molecule has 2 aromatic rings. The van der Waals surface area contributed by atoms with Gasteiger partial charge in [0.1, 0.15) is 0 Å². The van der Waals surface area contributed by atoms with E-state index < -0.39 is 17.8 Å². The molecular weight excluding hydrogens is 314 g/mol. The summed E-state index contributed by atoms with van der Waals surface area (Å²) in [5, 5.41) is 26.1. The van der Waals surface area contributed by atoms with Crippen LogP contribution in [0.1, 0.15) is 15.9 Å². The number of anilines is 1. The summed E-state index contributed by atoms with van der Waals surface area (Å²) in [6.07, 6.45) is 1.12. The topological polar surface area (TPSA) is 131 Å². The van der Waals surface area contributed by atoms with Crippen molar-refractivity contribution in [2.45, 2.75) is 0 Å². The molecule has 0 aromatic heterocycles. The van der Waals surface area contributed by atoms with Crippen molar-refractivity contribution in [1.82, 2.24) is 5.43 Å². The van der Waals surface area contributed by atoms with Gasteiger partial charge in [-0.1, -0.05) is 36.1 Å². The molecule has 0 aliphatic heterocycles. The third kappa shape index (κ3) is 4.41. The largest absolute Gasteiger partial charge is 0.872 e. The summed E-state index contributed by atoms with van der Waals surface area (Å²) in [6.45, 7) is 0. The Kier molecular flexibility index (Phi) is 5.24. The maximum Gasteiger partial charge on any atom is 0.335 e. The molecule has 0 aliphatic rings. The van der Waals surface area contributed by atoms with Crippen LogP contribution in [0.2, 0.25) is 0 Å². The number of hydrazone groups is 1. The SMILES string of the molecule is O=C(N/N=C/c1ccccc1[O-])C(=O)Nc1cccc(C(=O)O)c1. The van der Waals surface area contributed by atoms with Crippen molar-refractivity contribution in [1.29, 1.82) is 0 Å². The number of aromatic carboxylic acids is 1. The summed E-state index contributed by atoms with van der Waals surface area (Å²) in [5.41, 5.74) is 2.36. The van der Waals surface area contributed by atoms with Crippen LogP contribution in [0, 0.1) is 0 Å². The predicted molar refractivity (Wildman–Crippen MR) is 83.7 cm³/mol. The molecular formula is C16H12N3O5-. The first-order valence-electron chi connectivity index (χ1n) is 6.71. The Morgan fingerprint density at radius 1 is 1.04 bits per heavy atom. The minimum Gasteiger partial charge on any atom is -0.872 e. The molecule has 0 spiro atoms. The van der Waals surface area contributed by atoms with Crippen LogP contribution in [0.3, 0.4) is 0 Å². The lowest BCUT2D eigenvalue weighted by Crippen LogP contribution is -2.32. The number of rotatable bonds is 4. The second-order valence-corrected chi connectivity index (χ2v) is 4.58. The van der Waals surface area contributed by atoms with Crippen LogP contribution in [-0.4, -0.2) is 29.1 Å². The zero-order valence-electron chi connectivity index (χ0n) is 12.2. The van der Waals surface area contributed by atoms with Gasteiger partial charge in [0.15, 0.2) is 0 Å². The summed E-state index contributed by atoms with van der Waals surface area (Å²) in [5.74, 6) is -3.51. The van der Waals surface area contributed by atoms with E-state index in [0.717, 1.165) is 6.21 Å². The fraction of sp³-hybridized carbons (Fsp3) is 0. The van der Waals surface area contributed by atoms with Crippen molar-refractivity contribution in [3.05, 3.63) is 59.7 Å². The lowest BCUT2D eigenvalue weighted by molar-refractivity contribution is -0.268. The average molecular weight is 326 g/mol. The highest BCUT2D eigenvalue weighted by Crippen LogP contribution is 2.10. The van der Waals surface area contributed by atoms with Crippen LogP contribution >= 0.6 is 0 Å². The number of carboxylic acids is 1. The molecule has 0 saturated heterocycles. The fourth-order valence-corrected chi connectivity index (χ4v) is 1.72. The van der Waals surface area contributed by atoms with E-state index in [-0.39, 0.29) is 22.6 Å². The van der Waals surface area contributed by atoms with E-state index in [9.17, 15) is 19.5 Å². The Bertz CT molecular complexity index is 817. The first-order chi connectivity index (χ1) is 11.5. The monoisotopic (exact) mass is 326 g/mol. The molecule has 0 aliphatic carbocycles. The van der Waals surface area contributed by atoms with Gasteiger partial charge in [0.25, 0.3) is 0 Å². The van der Waals surface area contributed by atoms with Gasteiger partial charge in [-0.15, -0.1) is 0 Å². The quantitative estimate of drug-likeness (QED) is 0.429. The van der Waals surface area contributed by atoms with Crippen molar-refractivity contribution >= 4 is 29.7 Å². The van der Waals surface area contributed by atoms with Crippen LogP contribution in [0.25, 0.3) is 0 Å². The molecule has 0 unspecified atom stereocenters. The lowest BCUT2D eigenvalue weighted by atomic mass is 10.2. The summed E-state index contributed by atoms with van der Waals surface area (Å²) in [6, 6.07) is 11.5. The summed E-state index contributed by atoms with van der Waals surface area (Å²) < 4.78 is 0. The Hall–Kier alpha value is -3.68. The molecule has 24 heavy (non-hydrogen) atoms. The van der Waals surface area contributed by atoms with Gasteiger partial charge < -0.3 is 15.5 Å². The number of carbonyl (C=O) groups excluding carboxylic acids is 2. The Labute approximate surface area is 136 Å². The number of hydrogen-bond donors (Lipinski definition) is 3. The van der Waals surface area contributed by atoms with E-state index in [2.05, 4.69) is 10.4 Å². The van der Waals surface area contributed by atoms with Crippen LogP contribution < -0.4 is 15.8 Å². The molecule has 2 aromatic carbocycles. The molecule has 0 heterocycles. The molecule has 0 bridgehead atoms. The molecule has 2 rings (SSSR count). The van der Waals surface area contributed by atoms with Gasteiger partial charge in [-0.05, 0) is 23.8 Å². The second kappa shape index (κ2) is 7.54. The second-order valence-electron chi connectivity index (χ2n) is 4.58. The van der Waals surface area contributed by atoms with Gasteiger partial charge in [0.05, 0.1) is 11.8 Å². The molecule has 8 heteroatoms. The number of nitrogens with one attached hydrogen (secondary N) is 2. The van der Waals surface area contributed by atoms with Gasteiger partial charge in [-0.25, -0.2) is 10.2 Å². The number of hydrogen-bond acceptors (Lipinski definition) is 5. The van der Waals surface area contributed by atoms with Gasteiger partial charge >= 0.3 is 17.8 Å². The predicted octanol–water partition coefficient (Wildman–Crippen LogP) is 0.547. The highest BCUT2D eigenvalue weighted by atomic mass is 16.4. The van der Waals surface area contributed by atoms with Crippen LogP contribution in [0.5, 0.6) is 5.75 Å². The maximum atomic E-state index is 11.7. The molecule has 3 N–H and O–H groups in total. The molecule has 122 valence electrons. The number of carbonyl (C=O) groups is 3. The normalized spacial score (nSPS) is 10.3. The number of amides is 2. The van der Waals surface area contributed by atoms with Gasteiger partial charge in [-0.3, -0.25) is 9.59 Å². The van der Waals surface area contributed by atoms with Gasteiger partial charge in [0.2, 0.25) is 0 Å². The standard InChI is InChI=1S/C16H13N3O5/c20-13-7-2-1-4-11(13)9-17-19-15(22)14(21)18-12-6-3-5-10(8-12)16(23)24/h1-9,20H,(H,18,21)(H,19,22)(H,23,24)/p-1/b17-9+. The Balaban J connectivity index is 1.95. The Morgan fingerprint density at radius 3 is 2.50 bits per heavy atom. The van der Waals surface area contributed by atoms with Crippen molar-refractivity contribution in [2.24, 2.45) is 5.10 Å². The highest BCUT2D eigenvalue weighted by Gasteiger charge is 2.13. The smallest absolute Gasteiger partial charge is 0.335 e. The van der Waals surface area contributed by atoms with E-state index in [0.29, 0.717) is 0 Å². The molecule has 0 saturated carbocycles. The van der Waals surface area contributed by atoms with Gasteiger partial charge in [0, 0.05) is 5.69 Å². The van der Waals surface area contributed by atoms with E-state index in [1.807, 2.05) is 5.43 Å². The zero-order chi connectivity index (χ0) is 17.5. The van der Waals surface area contributed by atoms with Gasteiger partial charge in [-0.2, -0.15) is 5.10 Å². The molecule has 0 fully saturated rings. The van der Waals surface area contributed by atoms with E-state index in [1.165, 1.54) is 36.4 Å². The minimum absolute atomic E-state index is 0.0294. The molecule has 2 amide bonds. The number of para-hydroxylation sites is 1. The third-order valence-corrected chi connectivity index (χ3v) is 2.86. The van der Waals surface area contributed by atoms with Crippen LogP contribution in [0.15, 0.2) is 53.6 Å².